The summed E-state index contributed by atoms with van der Waals surface area (Å²) in [5, 5.41) is 0. The summed E-state index contributed by atoms with van der Waals surface area (Å²) in [6, 6.07) is 6.23. The Kier molecular flexibility index (Phi) is 4.27. The van der Waals surface area contributed by atoms with Crippen LogP contribution in [0.15, 0.2) is 33.6 Å². The predicted octanol–water partition coefficient (Wildman–Crippen LogP) is 1.07. The van der Waals surface area contributed by atoms with E-state index in [2.05, 4.69) is 20.7 Å². The fourth-order valence-electron chi connectivity index (χ4n) is 0.938. The van der Waals surface area contributed by atoms with Gasteiger partial charge in [0.15, 0.2) is 0 Å². The number of nitrogens with one attached hydrogen (secondary N) is 1. The van der Waals surface area contributed by atoms with E-state index in [1.54, 1.807) is 19.1 Å². The van der Waals surface area contributed by atoms with E-state index in [0.717, 1.165) is 4.47 Å². The average molecular weight is 293 g/mol. The molecule has 3 N–H and O–H groups in total. The van der Waals surface area contributed by atoms with Gasteiger partial charge in [0, 0.05) is 17.1 Å². The van der Waals surface area contributed by atoms with Crippen LogP contribution in [0, 0.1) is 0 Å². The molecule has 0 radical (unpaired) electrons. The number of benzene rings is 1. The first kappa shape index (κ1) is 12.6. The standard InChI is InChI=1S/C9H13BrN2O2S/c1-7(11)6-12-15(13,14)9-4-2-8(10)3-5-9/h2-5,7,12H,6,11H2,1H3. The molecular formula is C9H13BrN2O2S. The predicted molar refractivity (Wildman–Crippen MR) is 63.0 cm³/mol. The molecule has 0 spiro atoms. The molecule has 15 heavy (non-hydrogen) atoms. The molecule has 0 saturated heterocycles. The summed E-state index contributed by atoms with van der Waals surface area (Å²) in [7, 11) is -3.42. The van der Waals surface area contributed by atoms with Crippen LogP contribution in [0.1, 0.15) is 6.92 Å². The summed E-state index contributed by atoms with van der Waals surface area (Å²) in [6.45, 7) is 1.97. The van der Waals surface area contributed by atoms with Crippen LogP contribution in [-0.2, 0) is 10.0 Å². The van der Waals surface area contributed by atoms with Gasteiger partial charge in [-0.1, -0.05) is 15.9 Å². The van der Waals surface area contributed by atoms with Gasteiger partial charge in [-0.15, -0.1) is 0 Å². The van der Waals surface area contributed by atoms with E-state index in [4.69, 9.17) is 5.73 Å². The second kappa shape index (κ2) is 5.07. The maximum Gasteiger partial charge on any atom is 0.240 e. The van der Waals surface area contributed by atoms with E-state index in [1.165, 1.54) is 12.1 Å². The van der Waals surface area contributed by atoms with Gasteiger partial charge in [-0.05, 0) is 31.2 Å². The van der Waals surface area contributed by atoms with Gasteiger partial charge in [-0.25, -0.2) is 13.1 Å². The summed E-state index contributed by atoms with van der Waals surface area (Å²) in [4.78, 5) is 0.242. The monoisotopic (exact) mass is 292 g/mol. The highest BCUT2D eigenvalue weighted by Gasteiger charge is 2.13. The van der Waals surface area contributed by atoms with Crippen molar-refractivity contribution in [1.29, 1.82) is 0 Å². The Morgan fingerprint density at radius 2 is 1.93 bits per heavy atom. The lowest BCUT2D eigenvalue weighted by atomic mass is 10.4. The van der Waals surface area contributed by atoms with Crippen molar-refractivity contribution < 1.29 is 8.42 Å². The maximum atomic E-state index is 11.7. The molecule has 0 aliphatic carbocycles. The second-order valence-electron chi connectivity index (χ2n) is 3.28. The van der Waals surface area contributed by atoms with Crippen LogP contribution in [0.25, 0.3) is 0 Å². The van der Waals surface area contributed by atoms with Gasteiger partial charge < -0.3 is 5.73 Å². The third-order valence-corrected chi connectivity index (χ3v) is 3.69. The summed E-state index contributed by atoms with van der Waals surface area (Å²) < 4.78 is 26.6. The SMILES string of the molecule is CC(N)CNS(=O)(=O)c1ccc(Br)cc1. The zero-order valence-corrected chi connectivity index (χ0v) is 10.7. The largest absolute Gasteiger partial charge is 0.327 e. The molecule has 1 atom stereocenters. The highest BCUT2D eigenvalue weighted by molar-refractivity contribution is 9.10. The minimum Gasteiger partial charge on any atom is -0.327 e. The van der Waals surface area contributed by atoms with Crippen molar-refractivity contribution >= 4 is 26.0 Å². The fourth-order valence-corrected chi connectivity index (χ4v) is 2.35. The first-order valence-electron chi connectivity index (χ1n) is 4.42. The molecule has 4 nitrogen and oxygen atoms in total. The van der Waals surface area contributed by atoms with Crippen LogP contribution in [0.2, 0.25) is 0 Å². The second-order valence-corrected chi connectivity index (χ2v) is 5.97. The molecule has 1 rings (SSSR count). The van der Waals surface area contributed by atoms with Gasteiger partial charge in [-0.2, -0.15) is 0 Å². The molecule has 0 aliphatic rings. The van der Waals surface area contributed by atoms with Gasteiger partial charge in [0.25, 0.3) is 0 Å². The van der Waals surface area contributed by atoms with Crippen molar-refractivity contribution in [2.75, 3.05) is 6.54 Å². The number of halogens is 1. The van der Waals surface area contributed by atoms with Crippen LogP contribution in [0.3, 0.4) is 0 Å². The molecule has 1 aromatic rings. The number of hydrogen-bond acceptors (Lipinski definition) is 3. The van der Waals surface area contributed by atoms with Gasteiger partial charge in [0.1, 0.15) is 0 Å². The quantitative estimate of drug-likeness (QED) is 0.872. The normalized spacial score (nSPS) is 13.8. The molecule has 84 valence electrons. The number of nitrogens with two attached hydrogens (primary N) is 1. The van der Waals surface area contributed by atoms with Crippen LogP contribution in [-0.4, -0.2) is 21.0 Å². The zero-order valence-electron chi connectivity index (χ0n) is 8.27. The fraction of sp³-hybridized carbons (Fsp3) is 0.333. The number of sulfonamides is 1. The Bertz CT molecular complexity index is 414. The van der Waals surface area contributed by atoms with E-state index in [1.807, 2.05) is 0 Å². The third kappa shape index (κ3) is 3.90. The van der Waals surface area contributed by atoms with Gasteiger partial charge in [0.2, 0.25) is 10.0 Å². The highest BCUT2D eigenvalue weighted by atomic mass is 79.9. The molecule has 0 fully saturated rings. The van der Waals surface area contributed by atoms with Crippen molar-refractivity contribution in [2.24, 2.45) is 5.73 Å². The van der Waals surface area contributed by atoms with Gasteiger partial charge in [0.05, 0.1) is 4.90 Å². The van der Waals surface area contributed by atoms with E-state index in [-0.39, 0.29) is 17.5 Å². The smallest absolute Gasteiger partial charge is 0.240 e. The molecule has 0 aromatic heterocycles. The van der Waals surface area contributed by atoms with Gasteiger partial charge in [-0.3, -0.25) is 0 Å². The van der Waals surface area contributed by atoms with E-state index >= 15 is 0 Å². The van der Waals surface area contributed by atoms with Crippen LogP contribution < -0.4 is 10.5 Å². The Balaban J connectivity index is 2.82. The molecule has 1 aromatic carbocycles. The third-order valence-electron chi connectivity index (χ3n) is 1.72. The Labute approximate surface area is 98.0 Å². The minimum atomic E-state index is -3.42. The summed E-state index contributed by atoms with van der Waals surface area (Å²) in [5.74, 6) is 0. The lowest BCUT2D eigenvalue weighted by molar-refractivity contribution is 0.574. The molecule has 1 unspecified atom stereocenters. The molecular weight excluding hydrogens is 280 g/mol. The molecule has 6 heteroatoms. The van der Waals surface area contributed by atoms with Crippen molar-refractivity contribution in [2.45, 2.75) is 17.9 Å². The molecule has 0 saturated carbocycles. The first-order chi connectivity index (χ1) is 6.92. The summed E-state index contributed by atoms with van der Waals surface area (Å²) >= 11 is 3.24. The Morgan fingerprint density at radius 3 is 2.40 bits per heavy atom. The Morgan fingerprint density at radius 1 is 1.40 bits per heavy atom. The van der Waals surface area contributed by atoms with Crippen molar-refractivity contribution in [1.82, 2.24) is 4.72 Å². The van der Waals surface area contributed by atoms with Crippen molar-refractivity contribution in [3.8, 4) is 0 Å². The lowest BCUT2D eigenvalue weighted by Gasteiger charge is -2.08. The van der Waals surface area contributed by atoms with E-state index < -0.39 is 10.0 Å². The highest BCUT2D eigenvalue weighted by Crippen LogP contribution is 2.14. The molecule has 0 amide bonds. The Hall–Kier alpha value is -0.430. The summed E-state index contributed by atoms with van der Waals surface area (Å²) in [6.07, 6.45) is 0. The van der Waals surface area contributed by atoms with Crippen molar-refractivity contribution in [3.05, 3.63) is 28.7 Å². The van der Waals surface area contributed by atoms with E-state index in [9.17, 15) is 8.42 Å². The molecule has 0 aliphatic heterocycles. The van der Waals surface area contributed by atoms with Crippen LogP contribution in [0.4, 0.5) is 0 Å². The molecule has 0 bridgehead atoms. The number of hydrogen-bond donors (Lipinski definition) is 2. The van der Waals surface area contributed by atoms with E-state index in [0.29, 0.717) is 0 Å². The van der Waals surface area contributed by atoms with Crippen LogP contribution in [0.5, 0.6) is 0 Å². The number of rotatable bonds is 4. The van der Waals surface area contributed by atoms with Gasteiger partial charge >= 0.3 is 0 Å². The molecule has 0 heterocycles. The van der Waals surface area contributed by atoms with Crippen molar-refractivity contribution in [3.63, 3.8) is 0 Å². The summed E-state index contributed by atoms with van der Waals surface area (Å²) in [5.41, 5.74) is 5.47. The first-order valence-corrected chi connectivity index (χ1v) is 6.70. The minimum absolute atomic E-state index is 0.199. The lowest BCUT2D eigenvalue weighted by Crippen LogP contribution is -2.35. The topological polar surface area (TPSA) is 72.2 Å². The maximum absolute atomic E-state index is 11.7. The van der Waals surface area contributed by atoms with Crippen LogP contribution >= 0.6 is 15.9 Å². The average Bonchev–Trinajstić information content (AvgIpc) is 2.16. The zero-order chi connectivity index (χ0) is 11.5.